The lowest BCUT2D eigenvalue weighted by atomic mass is 9.78. The third-order valence-electron chi connectivity index (χ3n) is 3.70. The molecule has 2 rings (SSSR count). The van der Waals surface area contributed by atoms with Crippen molar-refractivity contribution in [3.63, 3.8) is 0 Å². The second-order valence-corrected chi connectivity index (χ2v) is 5.16. The molecule has 0 saturated carbocycles. The van der Waals surface area contributed by atoms with E-state index in [1.54, 1.807) is 39.5 Å². The lowest BCUT2D eigenvalue weighted by Crippen LogP contribution is -2.31. The molecule has 2 aromatic rings. The first kappa shape index (κ1) is 18.7. The molecule has 2 N–H and O–H groups in total. The van der Waals surface area contributed by atoms with Crippen molar-refractivity contribution >= 4 is 24.7 Å². The first-order valence-electron chi connectivity index (χ1n) is 7.56. The molecule has 6 nitrogen and oxygen atoms in total. The lowest BCUT2D eigenvalue weighted by molar-refractivity contribution is 0.348. The molecule has 0 spiro atoms. The average molecular weight is 344 g/mol. The third-order valence-corrected chi connectivity index (χ3v) is 3.70. The van der Waals surface area contributed by atoms with Crippen LogP contribution in [0.3, 0.4) is 0 Å². The maximum atomic E-state index is 9.46. The van der Waals surface area contributed by atoms with Gasteiger partial charge in [-0.05, 0) is 17.7 Å². The molecule has 132 valence electrons. The van der Waals surface area contributed by atoms with Crippen molar-refractivity contribution in [3.05, 3.63) is 41.5 Å². The van der Waals surface area contributed by atoms with Crippen LogP contribution in [-0.2, 0) is 0 Å². The molecule has 0 aliphatic carbocycles. The summed E-state index contributed by atoms with van der Waals surface area (Å²) >= 11 is 0. The van der Waals surface area contributed by atoms with E-state index in [1.165, 1.54) is 7.11 Å². The molecule has 25 heavy (non-hydrogen) atoms. The summed E-state index contributed by atoms with van der Waals surface area (Å²) in [7, 11) is 4.56. The normalized spacial score (nSPS) is 10.6. The minimum atomic E-state index is -1.62. The van der Waals surface area contributed by atoms with Crippen molar-refractivity contribution in [2.24, 2.45) is 0 Å². The zero-order chi connectivity index (χ0) is 18.4. The summed E-state index contributed by atoms with van der Waals surface area (Å²) in [6.07, 6.45) is 3.65. The van der Waals surface area contributed by atoms with E-state index in [4.69, 9.17) is 18.9 Å². The van der Waals surface area contributed by atoms with Crippen molar-refractivity contribution < 1.29 is 29.0 Å². The zero-order valence-electron chi connectivity index (χ0n) is 14.6. The SMILES string of the molecule is COc1cc(/C=C/c2ccc(OC)c(B(O)O)c2)c(OC)c(OC)c1. The largest absolute Gasteiger partial charge is 0.497 e. The molecule has 0 amide bonds. The number of benzene rings is 2. The van der Waals surface area contributed by atoms with E-state index in [-0.39, 0.29) is 0 Å². The van der Waals surface area contributed by atoms with Crippen LogP contribution in [0.4, 0.5) is 0 Å². The summed E-state index contributed by atoms with van der Waals surface area (Å²) < 4.78 is 21.2. The smallest absolute Gasteiger partial charge is 0.492 e. The van der Waals surface area contributed by atoms with Gasteiger partial charge in [-0.2, -0.15) is 0 Å². The molecule has 0 atom stereocenters. The Bertz CT molecular complexity index is 757. The fraction of sp³-hybridized carbons (Fsp3) is 0.222. The van der Waals surface area contributed by atoms with E-state index in [0.29, 0.717) is 28.5 Å². The van der Waals surface area contributed by atoms with Gasteiger partial charge in [-0.3, -0.25) is 0 Å². The van der Waals surface area contributed by atoms with Gasteiger partial charge in [-0.25, -0.2) is 0 Å². The van der Waals surface area contributed by atoms with Crippen molar-refractivity contribution in [2.75, 3.05) is 28.4 Å². The molecule has 0 aliphatic heterocycles. The summed E-state index contributed by atoms with van der Waals surface area (Å²) in [4.78, 5) is 0. The van der Waals surface area contributed by atoms with E-state index >= 15 is 0 Å². The van der Waals surface area contributed by atoms with Gasteiger partial charge in [0.15, 0.2) is 11.5 Å². The van der Waals surface area contributed by atoms with E-state index in [1.807, 2.05) is 24.3 Å². The molecule has 0 saturated heterocycles. The molecular formula is C18H21BO6. The van der Waals surface area contributed by atoms with Crippen molar-refractivity contribution in [3.8, 4) is 23.0 Å². The molecule has 0 radical (unpaired) electrons. The second kappa shape index (κ2) is 8.46. The van der Waals surface area contributed by atoms with Gasteiger partial charge in [0.05, 0.1) is 28.4 Å². The molecule has 0 unspecified atom stereocenters. The Morgan fingerprint density at radius 1 is 0.800 bits per heavy atom. The molecule has 0 heterocycles. The quantitative estimate of drug-likeness (QED) is 0.587. The van der Waals surface area contributed by atoms with Crippen LogP contribution < -0.4 is 24.4 Å². The highest BCUT2D eigenvalue weighted by Crippen LogP contribution is 2.36. The van der Waals surface area contributed by atoms with Gasteiger partial charge < -0.3 is 29.0 Å². The van der Waals surface area contributed by atoms with Crippen LogP contribution in [0.25, 0.3) is 12.2 Å². The van der Waals surface area contributed by atoms with Crippen LogP contribution in [0, 0.1) is 0 Å². The first-order chi connectivity index (χ1) is 12.0. The van der Waals surface area contributed by atoms with Gasteiger partial charge in [-0.1, -0.05) is 24.3 Å². The fourth-order valence-corrected chi connectivity index (χ4v) is 2.45. The highest BCUT2D eigenvalue weighted by Gasteiger charge is 2.17. The first-order valence-corrected chi connectivity index (χ1v) is 7.56. The Labute approximate surface area is 147 Å². The minimum absolute atomic E-state index is 0.292. The van der Waals surface area contributed by atoms with Gasteiger partial charge in [-0.15, -0.1) is 0 Å². The summed E-state index contributed by atoms with van der Waals surface area (Å²) in [6.45, 7) is 0. The third kappa shape index (κ3) is 4.26. The summed E-state index contributed by atoms with van der Waals surface area (Å²) in [5, 5.41) is 18.9. The van der Waals surface area contributed by atoms with Crippen molar-refractivity contribution in [1.82, 2.24) is 0 Å². The molecule has 2 aromatic carbocycles. The van der Waals surface area contributed by atoms with E-state index in [9.17, 15) is 10.0 Å². The topological polar surface area (TPSA) is 77.4 Å². The van der Waals surface area contributed by atoms with Gasteiger partial charge >= 0.3 is 7.12 Å². The van der Waals surface area contributed by atoms with Crippen LogP contribution in [0.2, 0.25) is 0 Å². The summed E-state index contributed by atoms with van der Waals surface area (Å²) in [6, 6.07) is 8.69. The summed E-state index contributed by atoms with van der Waals surface area (Å²) in [5.74, 6) is 2.18. The van der Waals surface area contributed by atoms with E-state index in [2.05, 4.69) is 0 Å². The minimum Gasteiger partial charge on any atom is -0.497 e. The van der Waals surface area contributed by atoms with Gasteiger partial charge in [0.25, 0.3) is 0 Å². The van der Waals surface area contributed by atoms with Crippen LogP contribution in [0.5, 0.6) is 23.0 Å². The molecule has 0 bridgehead atoms. The molecular weight excluding hydrogens is 323 g/mol. The van der Waals surface area contributed by atoms with Crippen molar-refractivity contribution in [2.45, 2.75) is 0 Å². The molecule has 7 heteroatoms. The van der Waals surface area contributed by atoms with Gasteiger partial charge in [0, 0.05) is 17.1 Å². The zero-order valence-corrected chi connectivity index (χ0v) is 14.6. The highest BCUT2D eigenvalue weighted by molar-refractivity contribution is 6.59. The molecule has 0 aromatic heterocycles. The summed E-state index contributed by atoms with van der Waals surface area (Å²) in [5.41, 5.74) is 1.83. The average Bonchev–Trinajstić information content (AvgIpc) is 2.64. The van der Waals surface area contributed by atoms with Gasteiger partial charge in [0.2, 0.25) is 0 Å². The standard InChI is InChI=1S/C18H21BO6/c1-22-14-10-13(18(25-4)17(11-14)24-3)7-5-12-6-8-16(23-2)15(9-12)19(20)21/h5-11,20-21H,1-4H3/b7-5+. The van der Waals surface area contributed by atoms with E-state index in [0.717, 1.165) is 11.1 Å². The van der Waals surface area contributed by atoms with Crippen LogP contribution >= 0.6 is 0 Å². The molecule has 0 aliphatic rings. The Morgan fingerprint density at radius 2 is 1.52 bits per heavy atom. The predicted octanol–water partition coefficient (Wildman–Crippen LogP) is 1.57. The fourth-order valence-electron chi connectivity index (χ4n) is 2.45. The second-order valence-electron chi connectivity index (χ2n) is 5.16. The highest BCUT2D eigenvalue weighted by atomic mass is 16.5. The number of ether oxygens (including phenoxy) is 4. The maximum Gasteiger partial charge on any atom is 0.492 e. The predicted molar refractivity (Wildman–Crippen MR) is 97.8 cm³/mol. The Kier molecular flexibility index (Phi) is 6.33. The number of methoxy groups -OCH3 is 4. The molecule has 0 fully saturated rings. The Balaban J connectivity index is 2.43. The number of rotatable bonds is 7. The van der Waals surface area contributed by atoms with Crippen LogP contribution in [-0.4, -0.2) is 45.6 Å². The van der Waals surface area contributed by atoms with Crippen LogP contribution in [0.1, 0.15) is 11.1 Å². The lowest BCUT2D eigenvalue weighted by Gasteiger charge is -2.13. The van der Waals surface area contributed by atoms with Gasteiger partial charge in [0.1, 0.15) is 11.5 Å². The van der Waals surface area contributed by atoms with Crippen LogP contribution in [0.15, 0.2) is 30.3 Å². The van der Waals surface area contributed by atoms with E-state index < -0.39 is 7.12 Å². The monoisotopic (exact) mass is 344 g/mol. The van der Waals surface area contributed by atoms with Crippen molar-refractivity contribution in [1.29, 1.82) is 0 Å². The Morgan fingerprint density at radius 3 is 2.08 bits per heavy atom. The number of hydrogen-bond donors (Lipinski definition) is 2. The maximum absolute atomic E-state index is 9.46. The number of hydrogen-bond acceptors (Lipinski definition) is 6. The Hall–Kier alpha value is -2.64.